The minimum atomic E-state index is 0.547. The SMILES string of the molecule is CC1CC=C2C(C)CCCC(C)(C)[C@H]2C1. The fraction of sp³-hybridized carbons (Fsp3) is 0.867. The first-order chi connectivity index (χ1) is 7.00. The van der Waals surface area contributed by atoms with Gasteiger partial charge in [-0.25, -0.2) is 0 Å². The Hall–Kier alpha value is -0.260. The van der Waals surface area contributed by atoms with E-state index in [1.165, 1.54) is 32.1 Å². The van der Waals surface area contributed by atoms with Gasteiger partial charge in [-0.1, -0.05) is 45.8 Å². The van der Waals surface area contributed by atoms with Crippen LogP contribution in [-0.2, 0) is 0 Å². The largest absolute Gasteiger partial charge is 0.0845 e. The summed E-state index contributed by atoms with van der Waals surface area (Å²) >= 11 is 0. The van der Waals surface area contributed by atoms with Crippen LogP contribution in [0.1, 0.15) is 59.8 Å². The van der Waals surface area contributed by atoms with Gasteiger partial charge in [0.2, 0.25) is 0 Å². The molecule has 15 heavy (non-hydrogen) atoms. The molecular weight excluding hydrogens is 180 g/mol. The summed E-state index contributed by atoms with van der Waals surface area (Å²) in [6.45, 7) is 9.83. The smallest absolute Gasteiger partial charge is 0.0147 e. The molecule has 2 unspecified atom stereocenters. The molecular formula is C15H26. The number of fused-ring (bicyclic) bond motifs is 1. The quantitative estimate of drug-likeness (QED) is 0.499. The lowest BCUT2D eigenvalue weighted by molar-refractivity contribution is 0.189. The first-order valence-electron chi connectivity index (χ1n) is 6.70. The molecule has 2 aliphatic carbocycles. The van der Waals surface area contributed by atoms with Crippen molar-refractivity contribution in [2.24, 2.45) is 23.2 Å². The van der Waals surface area contributed by atoms with Crippen molar-refractivity contribution >= 4 is 0 Å². The molecule has 0 heterocycles. The van der Waals surface area contributed by atoms with Crippen LogP contribution in [0.2, 0.25) is 0 Å². The van der Waals surface area contributed by atoms with Crippen LogP contribution in [0.15, 0.2) is 11.6 Å². The fourth-order valence-electron chi connectivity index (χ4n) is 3.63. The second-order valence-corrected chi connectivity index (χ2v) is 6.62. The summed E-state index contributed by atoms with van der Waals surface area (Å²) in [6, 6.07) is 0. The van der Waals surface area contributed by atoms with E-state index in [-0.39, 0.29) is 0 Å². The molecule has 0 bridgehead atoms. The standard InChI is InChI=1S/C15H26/c1-11-7-8-13-12(2)6-5-9-15(3,4)14(13)10-11/h8,11-12,14H,5-7,9-10H2,1-4H3/t11?,12?,14-/m0/s1. The molecule has 0 N–H and O–H groups in total. The van der Waals surface area contributed by atoms with Crippen LogP contribution in [0.5, 0.6) is 0 Å². The molecule has 2 rings (SSSR count). The van der Waals surface area contributed by atoms with E-state index >= 15 is 0 Å². The monoisotopic (exact) mass is 206 g/mol. The Bertz CT molecular complexity index is 259. The van der Waals surface area contributed by atoms with E-state index in [4.69, 9.17) is 0 Å². The van der Waals surface area contributed by atoms with Crippen LogP contribution in [0, 0.1) is 23.2 Å². The van der Waals surface area contributed by atoms with Gasteiger partial charge in [0.15, 0.2) is 0 Å². The summed E-state index contributed by atoms with van der Waals surface area (Å²) in [5.41, 5.74) is 2.35. The molecule has 0 amide bonds. The van der Waals surface area contributed by atoms with Gasteiger partial charge >= 0.3 is 0 Å². The molecule has 3 atom stereocenters. The predicted molar refractivity (Wildman–Crippen MR) is 66.8 cm³/mol. The maximum absolute atomic E-state index is 2.58. The Kier molecular flexibility index (Phi) is 2.96. The molecule has 0 nitrogen and oxygen atoms in total. The van der Waals surface area contributed by atoms with Crippen LogP contribution in [0.3, 0.4) is 0 Å². The van der Waals surface area contributed by atoms with E-state index in [0.717, 1.165) is 17.8 Å². The maximum Gasteiger partial charge on any atom is -0.0147 e. The second-order valence-electron chi connectivity index (χ2n) is 6.62. The van der Waals surface area contributed by atoms with Crippen molar-refractivity contribution in [3.8, 4) is 0 Å². The van der Waals surface area contributed by atoms with Crippen molar-refractivity contribution < 1.29 is 0 Å². The Morgan fingerprint density at radius 2 is 2.00 bits per heavy atom. The molecule has 0 radical (unpaired) electrons. The zero-order valence-electron chi connectivity index (χ0n) is 10.8. The molecule has 0 aromatic rings. The van der Waals surface area contributed by atoms with Crippen LogP contribution < -0.4 is 0 Å². The third kappa shape index (κ3) is 2.14. The van der Waals surface area contributed by atoms with Gasteiger partial charge < -0.3 is 0 Å². The van der Waals surface area contributed by atoms with Crippen molar-refractivity contribution in [3.63, 3.8) is 0 Å². The third-order valence-corrected chi connectivity index (χ3v) is 4.77. The highest BCUT2D eigenvalue weighted by Crippen LogP contribution is 2.49. The molecule has 0 aromatic carbocycles. The zero-order chi connectivity index (χ0) is 11.1. The Balaban J connectivity index is 2.30. The molecule has 0 aliphatic heterocycles. The van der Waals surface area contributed by atoms with Crippen molar-refractivity contribution in [2.75, 3.05) is 0 Å². The number of hydrogen-bond donors (Lipinski definition) is 0. The predicted octanol–water partition coefficient (Wildman–Crippen LogP) is 4.81. The topological polar surface area (TPSA) is 0 Å². The average Bonchev–Trinajstić information content (AvgIpc) is 2.26. The van der Waals surface area contributed by atoms with E-state index in [1.54, 1.807) is 5.57 Å². The van der Waals surface area contributed by atoms with Crippen LogP contribution in [0.4, 0.5) is 0 Å². The first kappa shape index (κ1) is 11.2. The van der Waals surface area contributed by atoms with Crippen LogP contribution in [0.25, 0.3) is 0 Å². The lowest BCUT2D eigenvalue weighted by Gasteiger charge is -2.40. The molecule has 0 saturated heterocycles. The van der Waals surface area contributed by atoms with Gasteiger partial charge in [0.25, 0.3) is 0 Å². The normalized spacial score (nSPS) is 40.3. The lowest BCUT2D eigenvalue weighted by atomic mass is 9.65. The molecule has 86 valence electrons. The summed E-state index contributed by atoms with van der Waals surface area (Å²) in [5, 5.41) is 0. The summed E-state index contributed by atoms with van der Waals surface area (Å²) in [7, 11) is 0. The second kappa shape index (κ2) is 3.96. The molecule has 2 aliphatic rings. The summed E-state index contributed by atoms with van der Waals surface area (Å²) in [5.74, 6) is 2.63. The van der Waals surface area contributed by atoms with Crippen LogP contribution in [-0.4, -0.2) is 0 Å². The fourth-order valence-corrected chi connectivity index (χ4v) is 3.63. The van der Waals surface area contributed by atoms with E-state index in [9.17, 15) is 0 Å². The summed E-state index contributed by atoms with van der Waals surface area (Å²) < 4.78 is 0. The first-order valence-corrected chi connectivity index (χ1v) is 6.70. The van der Waals surface area contributed by atoms with Crippen molar-refractivity contribution in [3.05, 3.63) is 11.6 Å². The highest BCUT2D eigenvalue weighted by Gasteiger charge is 2.38. The van der Waals surface area contributed by atoms with Gasteiger partial charge in [-0.3, -0.25) is 0 Å². The van der Waals surface area contributed by atoms with Crippen LogP contribution >= 0.6 is 0 Å². The zero-order valence-corrected chi connectivity index (χ0v) is 10.8. The van der Waals surface area contributed by atoms with Gasteiger partial charge in [-0.05, 0) is 48.9 Å². The lowest BCUT2D eigenvalue weighted by Crippen LogP contribution is -2.29. The molecule has 1 fully saturated rings. The summed E-state index contributed by atoms with van der Waals surface area (Å²) in [4.78, 5) is 0. The Morgan fingerprint density at radius 1 is 1.27 bits per heavy atom. The average molecular weight is 206 g/mol. The third-order valence-electron chi connectivity index (χ3n) is 4.77. The van der Waals surface area contributed by atoms with Crippen molar-refractivity contribution in [1.82, 2.24) is 0 Å². The van der Waals surface area contributed by atoms with E-state index in [1.807, 2.05) is 0 Å². The Morgan fingerprint density at radius 3 is 2.73 bits per heavy atom. The van der Waals surface area contributed by atoms with E-state index < -0.39 is 0 Å². The number of hydrogen-bond acceptors (Lipinski definition) is 0. The van der Waals surface area contributed by atoms with Gasteiger partial charge in [-0.2, -0.15) is 0 Å². The minimum Gasteiger partial charge on any atom is -0.0845 e. The molecule has 0 aromatic heterocycles. The molecule has 0 spiro atoms. The number of allylic oxidation sites excluding steroid dienone is 2. The Labute approximate surface area is 95.1 Å². The van der Waals surface area contributed by atoms with Gasteiger partial charge in [-0.15, -0.1) is 0 Å². The van der Waals surface area contributed by atoms with E-state index in [0.29, 0.717) is 5.41 Å². The van der Waals surface area contributed by atoms with Gasteiger partial charge in [0.1, 0.15) is 0 Å². The van der Waals surface area contributed by atoms with E-state index in [2.05, 4.69) is 33.8 Å². The minimum absolute atomic E-state index is 0.547. The number of rotatable bonds is 0. The van der Waals surface area contributed by atoms with Crippen molar-refractivity contribution in [2.45, 2.75) is 59.8 Å². The maximum atomic E-state index is 2.58. The summed E-state index contributed by atoms with van der Waals surface area (Å²) in [6.07, 6.45) is 9.61. The van der Waals surface area contributed by atoms with Crippen molar-refractivity contribution in [1.29, 1.82) is 0 Å². The molecule has 1 saturated carbocycles. The van der Waals surface area contributed by atoms with Gasteiger partial charge in [0, 0.05) is 0 Å². The highest BCUT2D eigenvalue weighted by molar-refractivity contribution is 5.18. The molecule has 0 heteroatoms. The van der Waals surface area contributed by atoms with Gasteiger partial charge in [0.05, 0.1) is 0 Å². The highest BCUT2D eigenvalue weighted by atomic mass is 14.4.